The Hall–Kier alpha value is 0.140. The largest absolute Gasteiger partial charge is 0.323 e. The predicted molar refractivity (Wildman–Crippen MR) is 58.4 cm³/mol. The third-order valence-electron chi connectivity index (χ3n) is 1.83. The summed E-state index contributed by atoms with van der Waals surface area (Å²) in [5.41, 5.74) is 6.22. The zero-order valence-electron chi connectivity index (χ0n) is 7.60. The lowest BCUT2D eigenvalue weighted by atomic mass is 9.87. The van der Waals surface area contributed by atoms with Crippen LogP contribution in [-0.2, 0) is 0 Å². The Morgan fingerprint density at radius 1 is 1.50 bits per heavy atom. The summed E-state index contributed by atoms with van der Waals surface area (Å²) in [6.07, 6.45) is 0. The van der Waals surface area contributed by atoms with Crippen molar-refractivity contribution in [2.24, 2.45) is 11.1 Å². The van der Waals surface area contributed by atoms with Crippen LogP contribution in [-0.4, -0.2) is 0 Å². The van der Waals surface area contributed by atoms with Gasteiger partial charge in [-0.15, -0.1) is 11.3 Å². The molecule has 68 valence electrons. The number of hydrogen-bond donors (Lipinski definition) is 1. The van der Waals surface area contributed by atoms with Crippen molar-refractivity contribution in [1.82, 2.24) is 0 Å². The van der Waals surface area contributed by atoms with E-state index < -0.39 is 0 Å². The highest BCUT2D eigenvalue weighted by Crippen LogP contribution is 2.34. The summed E-state index contributed by atoms with van der Waals surface area (Å²) in [4.78, 5) is 1.24. The normalized spacial score (nSPS) is 14.8. The maximum absolute atomic E-state index is 6.07. The second kappa shape index (κ2) is 3.48. The molecule has 0 fully saturated rings. The van der Waals surface area contributed by atoms with Gasteiger partial charge in [0, 0.05) is 20.8 Å². The smallest absolute Gasteiger partial charge is 0.0439 e. The molecule has 0 amide bonds. The summed E-state index contributed by atoms with van der Waals surface area (Å²) < 4.78 is 1.13. The molecule has 0 aromatic carbocycles. The van der Waals surface area contributed by atoms with E-state index in [2.05, 4.69) is 48.1 Å². The van der Waals surface area contributed by atoms with Crippen LogP contribution in [0.5, 0.6) is 0 Å². The molecule has 1 rings (SSSR count). The van der Waals surface area contributed by atoms with Gasteiger partial charge < -0.3 is 5.73 Å². The van der Waals surface area contributed by atoms with E-state index in [4.69, 9.17) is 5.73 Å². The van der Waals surface area contributed by atoms with E-state index in [0.717, 1.165) is 4.47 Å². The average Bonchev–Trinajstić information content (AvgIpc) is 2.32. The van der Waals surface area contributed by atoms with Gasteiger partial charge in [0.2, 0.25) is 0 Å². The molecule has 1 aromatic heterocycles. The second-order valence-electron chi connectivity index (χ2n) is 4.01. The van der Waals surface area contributed by atoms with Crippen molar-refractivity contribution in [2.45, 2.75) is 26.8 Å². The molecule has 3 heteroatoms. The number of hydrogen-bond acceptors (Lipinski definition) is 2. The summed E-state index contributed by atoms with van der Waals surface area (Å²) in [5.74, 6) is 0. The summed E-state index contributed by atoms with van der Waals surface area (Å²) in [6, 6.07) is 2.23. The van der Waals surface area contributed by atoms with E-state index >= 15 is 0 Å². The summed E-state index contributed by atoms with van der Waals surface area (Å²) in [6.45, 7) is 6.47. The van der Waals surface area contributed by atoms with Crippen LogP contribution in [0.3, 0.4) is 0 Å². The first-order chi connectivity index (χ1) is 5.41. The molecule has 1 nitrogen and oxygen atoms in total. The third-order valence-corrected chi connectivity index (χ3v) is 3.60. The van der Waals surface area contributed by atoms with Gasteiger partial charge in [-0.3, -0.25) is 0 Å². The van der Waals surface area contributed by atoms with Crippen LogP contribution in [0.2, 0.25) is 0 Å². The minimum atomic E-state index is 0.133. The van der Waals surface area contributed by atoms with E-state index in [9.17, 15) is 0 Å². The minimum absolute atomic E-state index is 0.133. The van der Waals surface area contributed by atoms with Crippen molar-refractivity contribution < 1.29 is 0 Å². The van der Waals surface area contributed by atoms with Gasteiger partial charge in [0.15, 0.2) is 0 Å². The molecule has 0 saturated heterocycles. The molecule has 12 heavy (non-hydrogen) atoms. The molecular formula is C9H14BrNS. The van der Waals surface area contributed by atoms with Crippen molar-refractivity contribution in [3.8, 4) is 0 Å². The topological polar surface area (TPSA) is 26.0 Å². The number of halogens is 1. The fourth-order valence-electron chi connectivity index (χ4n) is 0.918. The lowest BCUT2D eigenvalue weighted by Crippen LogP contribution is -2.25. The SMILES string of the molecule is CC(C)(C)C(N)c1cc(Br)cs1. The number of nitrogens with two attached hydrogens (primary N) is 1. The summed E-state index contributed by atoms with van der Waals surface area (Å²) in [5, 5.41) is 2.07. The Morgan fingerprint density at radius 3 is 2.42 bits per heavy atom. The van der Waals surface area contributed by atoms with Gasteiger partial charge in [-0.1, -0.05) is 20.8 Å². The van der Waals surface area contributed by atoms with Gasteiger partial charge in [0.1, 0.15) is 0 Å². The van der Waals surface area contributed by atoms with E-state index in [0.29, 0.717) is 0 Å². The van der Waals surface area contributed by atoms with Crippen LogP contribution in [0, 0.1) is 5.41 Å². The third kappa shape index (κ3) is 2.31. The molecule has 2 N–H and O–H groups in total. The van der Waals surface area contributed by atoms with Crippen LogP contribution >= 0.6 is 27.3 Å². The Labute approximate surface area is 86.1 Å². The fourth-order valence-corrected chi connectivity index (χ4v) is 2.61. The molecule has 1 atom stereocenters. The van der Waals surface area contributed by atoms with Crippen molar-refractivity contribution in [3.63, 3.8) is 0 Å². The predicted octanol–water partition coefficient (Wildman–Crippen LogP) is 3.56. The van der Waals surface area contributed by atoms with Gasteiger partial charge in [0.25, 0.3) is 0 Å². The van der Waals surface area contributed by atoms with Gasteiger partial charge in [0.05, 0.1) is 0 Å². The quantitative estimate of drug-likeness (QED) is 0.808. The van der Waals surface area contributed by atoms with Gasteiger partial charge in [-0.05, 0) is 27.4 Å². The molecule has 0 radical (unpaired) electrons. The Kier molecular flexibility index (Phi) is 2.97. The molecule has 0 aliphatic heterocycles. The van der Waals surface area contributed by atoms with Gasteiger partial charge >= 0.3 is 0 Å². The van der Waals surface area contributed by atoms with Crippen molar-refractivity contribution in [2.75, 3.05) is 0 Å². The van der Waals surface area contributed by atoms with Crippen LogP contribution in [0.1, 0.15) is 31.7 Å². The highest BCUT2D eigenvalue weighted by Gasteiger charge is 2.23. The van der Waals surface area contributed by atoms with Crippen molar-refractivity contribution in [3.05, 3.63) is 20.8 Å². The standard InChI is InChI=1S/C9H14BrNS/c1-9(2,3)8(11)7-4-6(10)5-12-7/h4-5,8H,11H2,1-3H3. The van der Waals surface area contributed by atoms with E-state index in [-0.39, 0.29) is 11.5 Å². The lowest BCUT2D eigenvalue weighted by Gasteiger charge is -2.25. The Balaban J connectivity index is 2.85. The van der Waals surface area contributed by atoms with Crippen molar-refractivity contribution >= 4 is 27.3 Å². The number of thiophene rings is 1. The average molecular weight is 248 g/mol. The van der Waals surface area contributed by atoms with Gasteiger partial charge in [-0.2, -0.15) is 0 Å². The molecule has 1 unspecified atom stereocenters. The lowest BCUT2D eigenvalue weighted by molar-refractivity contribution is 0.331. The Morgan fingerprint density at radius 2 is 2.08 bits per heavy atom. The second-order valence-corrected chi connectivity index (χ2v) is 5.87. The van der Waals surface area contributed by atoms with Crippen molar-refractivity contribution in [1.29, 1.82) is 0 Å². The molecule has 0 bridgehead atoms. The maximum Gasteiger partial charge on any atom is 0.0439 e. The molecule has 0 aliphatic carbocycles. The fraction of sp³-hybridized carbons (Fsp3) is 0.556. The zero-order chi connectivity index (χ0) is 9.35. The van der Waals surface area contributed by atoms with E-state index in [1.54, 1.807) is 11.3 Å². The first-order valence-electron chi connectivity index (χ1n) is 3.91. The van der Waals surface area contributed by atoms with Crippen LogP contribution in [0.25, 0.3) is 0 Å². The minimum Gasteiger partial charge on any atom is -0.323 e. The van der Waals surface area contributed by atoms with E-state index in [1.807, 2.05) is 0 Å². The maximum atomic E-state index is 6.07. The van der Waals surface area contributed by atoms with Crippen LogP contribution in [0.4, 0.5) is 0 Å². The van der Waals surface area contributed by atoms with Crippen LogP contribution < -0.4 is 5.73 Å². The molecule has 1 heterocycles. The monoisotopic (exact) mass is 247 g/mol. The zero-order valence-corrected chi connectivity index (χ0v) is 10.00. The summed E-state index contributed by atoms with van der Waals surface area (Å²) in [7, 11) is 0. The Bertz CT molecular complexity index is 262. The van der Waals surface area contributed by atoms with E-state index in [1.165, 1.54) is 4.88 Å². The van der Waals surface area contributed by atoms with Gasteiger partial charge in [-0.25, -0.2) is 0 Å². The molecule has 0 spiro atoms. The summed E-state index contributed by atoms with van der Waals surface area (Å²) >= 11 is 5.13. The molecule has 0 saturated carbocycles. The molecule has 0 aliphatic rings. The highest BCUT2D eigenvalue weighted by molar-refractivity contribution is 9.10. The highest BCUT2D eigenvalue weighted by atomic mass is 79.9. The number of rotatable bonds is 1. The first kappa shape index (κ1) is 10.2. The molecular weight excluding hydrogens is 234 g/mol. The first-order valence-corrected chi connectivity index (χ1v) is 5.58. The van der Waals surface area contributed by atoms with Crippen LogP contribution in [0.15, 0.2) is 15.9 Å². The molecule has 1 aromatic rings.